The van der Waals surface area contributed by atoms with Crippen molar-refractivity contribution in [2.24, 2.45) is 0 Å². The van der Waals surface area contributed by atoms with Gasteiger partial charge in [0.15, 0.2) is 6.29 Å². The summed E-state index contributed by atoms with van der Waals surface area (Å²) >= 11 is 0. The zero-order valence-corrected chi connectivity index (χ0v) is 23.8. The molecule has 224 valence electrons. The van der Waals surface area contributed by atoms with E-state index in [0.717, 1.165) is 22.3 Å². The monoisotopic (exact) mass is 585 g/mol. The maximum atomic E-state index is 14.6. The maximum absolute atomic E-state index is 14.6. The summed E-state index contributed by atoms with van der Waals surface area (Å²) < 4.78 is 45.2. The molecule has 5 atom stereocenters. The molecule has 5 rings (SSSR count). The van der Waals surface area contributed by atoms with Gasteiger partial charge in [-0.2, -0.15) is 0 Å². The lowest BCUT2D eigenvalue weighted by Gasteiger charge is -2.45. The Kier molecular flexibility index (Phi) is 11.3. The van der Waals surface area contributed by atoms with Gasteiger partial charge in [-0.1, -0.05) is 121 Å². The van der Waals surface area contributed by atoms with Gasteiger partial charge in [-0.3, -0.25) is 0 Å². The van der Waals surface area contributed by atoms with Crippen molar-refractivity contribution in [3.8, 4) is 0 Å². The number of halogens is 1. The number of ether oxygens (including phenoxy) is 5. The van der Waals surface area contributed by atoms with Crippen LogP contribution in [0.15, 0.2) is 121 Å². The second kappa shape index (κ2) is 16.0. The number of alkyl halides is 1. The fraction of sp³-hybridized carbons (Fsp3) is 0.286. The summed E-state index contributed by atoms with van der Waals surface area (Å²) in [5.41, 5.74) is 3.57. The van der Waals surface area contributed by atoms with E-state index in [1.54, 1.807) is 0 Å². The van der Waals surface area contributed by atoms with Crippen LogP contribution >= 0.6 is 0 Å². The largest absolute Gasteiger partial charge is 0.445 e. The normalized spacial score (nSPS) is 21.7. The third-order valence-electron chi connectivity index (χ3n) is 7.12. The number of nitrogens with one attached hydrogen (secondary N) is 1. The van der Waals surface area contributed by atoms with Gasteiger partial charge >= 0.3 is 6.09 Å². The molecule has 0 aliphatic carbocycles. The van der Waals surface area contributed by atoms with Crippen LogP contribution < -0.4 is 5.32 Å². The molecule has 0 saturated carbocycles. The fourth-order valence-electron chi connectivity index (χ4n) is 4.91. The van der Waals surface area contributed by atoms with Crippen molar-refractivity contribution in [3.63, 3.8) is 0 Å². The molecule has 1 heterocycles. The average molecular weight is 586 g/mol. The van der Waals surface area contributed by atoms with E-state index in [4.69, 9.17) is 23.7 Å². The summed E-state index contributed by atoms with van der Waals surface area (Å²) in [4.78, 5) is 13.1. The summed E-state index contributed by atoms with van der Waals surface area (Å²) in [6.45, 7) is -0.161. The Hall–Kier alpha value is -4.08. The zero-order valence-electron chi connectivity index (χ0n) is 23.8. The first-order valence-corrected chi connectivity index (χ1v) is 14.3. The topological polar surface area (TPSA) is 75.3 Å². The van der Waals surface area contributed by atoms with Crippen molar-refractivity contribution >= 4 is 6.09 Å². The van der Waals surface area contributed by atoms with Crippen molar-refractivity contribution < 1.29 is 32.9 Å². The molecule has 4 aromatic carbocycles. The molecule has 0 radical (unpaired) electrons. The van der Waals surface area contributed by atoms with Gasteiger partial charge in [0.2, 0.25) is 0 Å². The standard InChI is InChI=1S/C35H36FNO6/c36-21-30-32(39-22-26-13-5-1-6-14-26)33(40-23-27-15-7-2-8-16-27)31(34(43-30)41-24-28-17-9-3-10-18-28)37-35(38)42-25-29-19-11-4-12-20-29/h1-20,30-34H,21-25H2,(H,37,38)/t30-,31-,32-,33-,34?/m0/s1. The van der Waals surface area contributed by atoms with Gasteiger partial charge in [0, 0.05) is 0 Å². The Balaban J connectivity index is 1.39. The van der Waals surface area contributed by atoms with E-state index in [1.165, 1.54) is 0 Å². The minimum Gasteiger partial charge on any atom is -0.445 e. The molecular formula is C35H36FNO6. The Morgan fingerprint density at radius 1 is 0.605 bits per heavy atom. The molecule has 1 aliphatic heterocycles. The smallest absolute Gasteiger partial charge is 0.407 e. The molecule has 1 N–H and O–H groups in total. The molecule has 1 aliphatic rings. The summed E-state index contributed by atoms with van der Waals surface area (Å²) in [5, 5.41) is 2.90. The SMILES string of the molecule is O=C(N[C@@H]1C(OCc2ccccc2)O[C@@H](CF)[C@H](OCc2ccccc2)[C@H]1OCc1ccccc1)OCc1ccccc1. The summed E-state index contributed by atoms with van der Waals surface area (Å²) in [7, 11) is 0. The second-order valence-corrected chi connectivity index (χ2v) is 10.2. The number of hydrogen-bond donors (Lipinski definition) is 1. The number of carbonyl (C=O) groups excluding carboxylic acids is 1. The van der Waals surface area contributed by atoms with Crippen molar-refractivity contribution in [2.45, 2.75) is 57.1 Å². The highest BCUT2D eigenvalue weighted by atomic mass is 19.1. The molecule has 1 fully saturated rings. The quantitative estimate of drug-likeness (QED) is 0.197. The molecule has 0 aromatic heterocycles. The first kappa shape index (κ1) is 30.4. The first-order valence-electron chi connectivity index (χ1n) is 14.3. The highest BCUT2D eigenvalue weighted by molar-refractivity contribution is 5.67. The lowest BCUT2D eigenvalue weighted by atomic mass is 9.96. The Bertz CT molecular complexity index is 1360. The van der Waals surface area contributed by atoms with Gasteiger partial charge < -0.3 is 29.0 Å². The van der Waals surface area contributed by atoms with E-state index in [2.05, 4.69) is 5.32 Å². The van der Waals surface area contributed by atoms with Crippen LogP contribution in [0.25, 0.3) is 0 Å². The van der Waals surface area contributed by atoms with Crippen LogP contribution in [0.1, 0.15) is 22.3 Å². The number of benzene rings is 4. The number of carbonyl (C=O) groups is 1. The molecular weight excluding hydrogens is 549 g/mol. The van der Waals surface area contributed by atoms with E-state index < -0.39 is 43.4 Å². The molecule has 1 saturated heterocycles. The van der Waals surface area contributed by atoms with Crippen LogP contribution in [-0.2, 0) is 50.1 Å². The summed E-state index contributed by atoms with van der Waals surface area (Å²) in [6.07, 6.45) is -4.40. The average Bonchev–Trinajstić information content (AvgIpc) is 3.07. The summed E-state index contributed by atoms with van der Waals surface area (Å²) in [5.74, 6) is 0. The highest BCUT2D eigenvalue weighted by Gasteiger charge is 2.49. The number of hydrogen-bond acceptors (Lipinski definition) is 6. The molecule has 1 amide bonds. The van der Waals surface area contributed by atoms with Gasteiger partial charge in [-0.25, -0.2) is 9.18 Å². The molecule has 0 spiro atoms. The zero-order chi connectivity index (χ0) is 29.7. The molecule has 7 nitrogen and oxygen atoms in total. The van der Waals surface area contributed by atoms with Gasteiger partial charge in [0.25, 0.3) is 0 Å². The van der Waals surface area contributed by atoms with Gasteiger partial charge in [0.05, 0.1) is 19.8 Å². The van der Waals surface area contributed by atoms with Crippen LogP contribution in [0.2, 0.25) is 0 Å². The third-order valence-corrected chi connectivity index (χ3v) is 7.12. The molecule has 8 heteroatoms. The van der Waals surface area contributed by atoms with Gasteiger partial charge in [-0.15, -0.1) is 0 Å². The number of rotatable bonds is 13. The van der Waals surface area contributed by atoms with E-state index in [-0.39, 0.29) is 26.4 Å². The van der Waals surface area contributed by atoms with Gasteiger partial charge in [-0.05, 0) is 22.3 Å². The first-order chi connectivity index (χ1) is 21.2. The van der Waals surface area contributed by atoms with E-state index >= 15 is 0 Å². The van der Waals surface area contributed by atoms with E-state index in [0.29, 0.717) is 0 Å². The van der Waals surface area contributed by atoms with Crippen molar-refractivity contribution in [1.82, 2.24) is 5.32 Å². The molecule has 1 unspecified atom stereocenters. The van der Waals surface area contributed by atoms with E-state index in [1.807, 2.05) is 121 Å². The van der Waals surface area contributed by atoms with Crippen LogP contribution in [0.3, 0.4) is 0 Å². The van der Waals surface area contributed by atoms with Crippen LogP contribution in [0.5, 0.6) is 0 Å². The lowest BCUT2D eigenvalue weighted by Crippen LogP contribution is -2.65. The molecule has 4 aromatic rings. The van der Waals surface area contributed by atoms with Gasteiger partial charge in [0.1, 0.15) is 37.6 Å². The van der Waals surface area contributed by atoms with Crippen molar-refractivity contribution in [3.05, 3.63) is 144 Å². The van der Waals surface area contributed by atoms with Crippen molar-refractivity contribution in [1.29, 1.82) is 0 Å². The Labute approximate surface area is 251 Å². The highest BCUT2D eigenvalue weighted by Crippen LogP contribution is 2.30. The number of alkyl carbamates (subject to hydrolysis) is 1. The fourth-order valence-corrected chi connectivity index (χ4v) is 4.91. The van der Waals surface area contributed by atoms with Crippen LogP contribution in [0, 0.1) is 0 Å². The minimum atomic E-state index is -1.04. The molecule has 43 heavy (non-hydrogen) atoms. The minimum absolute atomic E-state index is 0.0758. The predicted molar refractivity (Wildman–Crippen MR) is 159 cm³/mol. The van der Waals surface area contributed by atoms with E-state index in [9.17, 15) is 9.18 Å². The van der Waals surface area contributed by atoms with Crippen LogP contribution in [-0.4, -0.2) is 43.4 Å². The predicted octanol–water partition coefficient (Wildman–Crippen LogP) is 6.36. The maximum Gasteiger partial charge on any atom is 0.407 e. The lowest BCUT2D eigenvalue weighted by molar-refractivity contribution is -0.287. The Morgan fingerprint density at radius 3 is 1.49 bits per heavy atom. The second-order valence-electron chi connectivity index (χ2n) is 10.2. The molecule has 0 bridgehead atoms. The third kappa shape index (κ3) is 8.95. The van der Waals surface area contributed by atoms with Crippen LogP contribution in [0.4, 0.5) is 9.18 Å². The number of amides is 1. The Morgan fingerprint density at radius 2 is 1.02 bits per heavy atom. The van der Waals surface area contributed by atoms with Crippen molar-refractivity contribution in [2.75, 3.05) is 6.67 Å². The summed E-state index contributed by atoms with van der Waals surface area (Å²) in [6, 6.07) is 37.3.